The van der Waals surface area contributed by atoms with Crippen LogP contribution in [0.25, 0.3) is 0 Å². The van der Waals surface area contributed by atoms with Crippen molar-refractivity contribution in [3.05, 3.63) is 0 Å². The van der Waals surface area contributed by atoms with E-state index < -0.39 is 23.4 Å². The molecule has 7 atom stereocenters. The van der Waals surface area contributed by atoms with Crippen molar-refractivity contribution in [1.29, 1.82) is 5.26 Å². The van der Waals surface area contributed by atoms with Crippen molar-refractivity contribution in [2.45, 2.75) is 177 Å². The van der Waals surface area contributed by atoms with Gasteiger partial charge in [0, 0.05) is 19.4 Å². The molecule has 0 bridgehead atoms. The van der Waals surface area contributed by atoms with E-state index in [0.717, 1.165) is 38.5 Å². The van der Waals surface area contributed by atoms with Crippen LogP contribution < -0.4 is 5.32 Å². The quantitative estimate of drug-likeness (QED) is 0.0463. The van der Waals surface area contributed by atoms with Gasteiger partial charge in [-0.05, 0) is 110 Å². The van der Waals surface area contributed by atoms with Crippen molar-refractivity contribution in [1.82, 2.24) is 5.32 Å². The summed E-state index contributed by atoms with van der Waals surface area (Å²) in [5, 5.41) is 12.1. The number of carbonyl (C=O) groups excluding carboxylic acids is 5. The third-order valence-corrected chi connectivity index (χ3v) is 12.8. The van der Waals surface area contributed by atoms with Crippen LogP contribution >= 0.6 is 0 Å². The number of ether oxygens (including phenoxy) is 4. The molecule has 0 aromatic carbocycles. The SMILES string of the molecule is CCC(COC(=O)CCC1(C)CC(N=C=O)CC(C)(C)C1)(COC(=O)CCC1(C)CC(OC#N)CC(C)(C)C1)COC(=O)NCC1(C)CC(N=C=O)CC(C)(C)C1. The summed E-state index contributed by atoms with van der Waals surface area (Å²) in [6, 6.07) is -0.319. The van der Waals surface area contributed by atoms with Crippen LogP contribution in [0.5, 0.6) is 0 Å². The van der Waals surface area contributed by atoms with Crippen LogP contribution in [0.2, 0.25) is 0 Å². The van der Waals surface area contributed by atoms with Gasteiger partial charge in [-0.1, -0.05) is 69.2 Å². The van der Waals surface area contributed by atoms with Gasteiger partial charge in [0.05, 0.1) is 17.5 Å². The van der Waals surface area contributed by atoms with Crippen molar-refractivity contribution in [3.8, 4) is 6.26 Å². The molecule has 1 amide bonds. The lowest BCUT2D eigenvalue weighted by molar-refractivity contribution is -0.157. The lowest BCUT2D eigenvalue weighted by atomic mass is 9.61. The van der Waals surface area contributed by atoms with Gasteiger partial charge in [-0.2, -0.15) is 5.26 Å². The zero-order valence-electron chi connectivity index (χ0n) is 36.5. The second-order valence-corrected chi connectivity index (χ2v) is 21.4. The summed E-state index contributed by atoms with van der Waals surface area (Å²) in [6.45, 7) is 20.9. The predicted molar refractivity (Wildman–Crippen MR) is 214 cm³/mol. The normalized spacial score (nSPS) is 31.1. The summed E-state index contributed by atoms with van der Waals surface area (Å²) >= 11 is 0. The Balaban J connectivity index is 1.68. The Hall–Kier alpha value is -3.74. The van der Waals surface area contributed by atoms with Crippen molar-refractivity contribution in [2.24, 2.45) is 47.9 Å². The fourth-order valence-corrected chi connectivity index (χ4v) is 11.1. The zero-order chi connectivity index (χ0) is 42.8. The monoisotopic (exact) mass is 799 g/mol. The summed E-state index contributed by atoms with van der Waals surface area (Å²) in [7, 11) is 0. The zero-order valence-corrected chi connectivity index (χ0v) is 36.5. The van der Waals surface area contributed by atoms with E-state index in [0.29, 0.717) is 45.1 Å². The van der Waals surface area contributed by atoms with E-state index in [1.165, 1.54) is 0 Å². The van der Waals surface area contributed by atoms with E-state index in [2.05, 4.69) is 77.6 Å². The van der Waals surface area contributed by atoms with Crippen molar-refractivity contribution in [2.75, 3.05) is 26.4 Å². The number of esters is 2. The van der Waals surface area contributed by atoms with Crippen LogP contribution in [0, 0.1) is 49.4 Å². The fourth-order valence-electron chi connectivity index (χ4n) is 11.1. The Morgan fingerprint density at radius 2 is 1.11 bits per heavy atom. The number of amides is 1. The summed E-state index contributed by atoms with van der Waals surface area (Å²) in [5.41, 5.74) is -1.97. The number of nitrogens with zero attached hydrogens (tertiary/aromatic N) is 3. The van der Waals surface area contributed by atoms with E-state index >= 15 is 0 Å². The van der Waals surface area contributed by atoms with E-state index in [-0.39, 0.29) is 83.3 Å². The first-order valence-corrected chi connectivity index (χ1v) is 20.8. The molecule has 13 heteroatoms. The molecule has 0 radical (unpaired) electrons. The molecular formula is C44H70N4O9. The minimum absolute atomic E-state index is 0.0480. The highest BCUT2D eigenvalue weighted by molar-refractivity contribution is 5.70. The molecule has 0 heterocycles. The Morgan fingerprint density at radius 3 is 1.58 bits per heavy atom. The van der Waals surface area contributed by atoms with Crippen LogP contribution in [0.15, 0.2) is 9.98 Å². The number of rotatable bonds is 18. The molecule has 1 N–H and O–H groups in total. The van der Waals surface area contributed by atoms with Gasteiger partial charge in [-0.15, -0.1) is 0 Å². The van der Waals surface area contributed by atoms with Crippen molar-refractivity contribution >= 4 is 30.2 Å². The average Bonchev–Trinajstić information content (AvgIpc) is 3.07. The van der Waals surface area contributed by atoms with Gasteiger partial charge in [0.1, 0.15) is 25.9 Å². The first kappa shape index (κ1) is 47.6. The maximum atomic E-state index is 13.3. The van der Waals surface area contributed by atoms with Gasteiger partial charge in [0.2, 0.25) is 12.2 Å². The summed E-state index contributed by atoms with van der Waals surface area (Å²) in [4.78, 5) is 70.0. The van der Waals surface area contributed by atoms with Crippen LogP contribution in [-0.2, 0) is 38.1 Å². The third-order valence-electron chi connectivity index (χ3n) is 12.8. The number of carbonyl (C=O) groups is 3. The molecule has 13 nitrogen and oxygen atoms in total. The van der Waals surface area contributed by atoms with E-state index in [4.69, 9.17) is 24.2 Å². The van der Waals surface area contributed by atoms with Gasteiger partial charge < -0.3 is 24.3 Å². The third kappa shape index (κ3) is 15.5. The van der Waals surface area contributed by atoms with Crippen LogP contribution in [0.3, 0.4) is 0 Å². The molecule has 3 aliphatic carbocycles. The Kier molecular flexibility index (Phi) is 16.2. The Morgan fingerprint density at radius 1 is 0.667 bits per heavy atom. The summed E-state index contributed by atoms with van der Waals surface area (Å²) < 4.78 is 22.9. The Labute approximate surface area is 340 Å². The molecule has 0 aliphatic heterocycles. The lowest BCUT2D eigenvalue weighted by Gasteiger charge is -2.45. The molecule has 7 unspecified atom stereocenters. The maximum Gasteiger partial charge on any atom is 0.407 e. The van der Waals surface area contributed by atoms with Gasteiger partial charge in [0.15, 0.2) is 0 Å². The molecule has 3 aliphatic rings. The minimum Gasteiger partial charge on any atom is -0.465 e. The predicted octanol–water partition coefficient (Wildman–Crippen LogP) is 8.68. The average molecular weight is 799 g/mol. The fraction of sp³-hybridized carbons (Fsp3) is 0.864. The van der Waals surface area contributed by atoms with Gasteiger partial charge in [0.25, 0.3) is 6.26 Å². The molecule has 57 heavy (non-hydrogen) atoms. The highest BCUT2D eigenvalue weighted by atomic mass is 16.6. The smallest absolute Gasteiger partial charge is 0.407 e. The van der Waals surface area contributed by atoms with Gasteiger partial charge in [-0.25, -0.2) is 24.4 Å². The molecule has 3 rings (SSSR count). The van der Waals surface area contributed by atoms with E-state index in [1.54, 1.807) is 12.2 Å². The van der Waals surface area contributed by atoms with Crippen molar-refractivity contribution in [3.63, 3.8) is 0 Å². The second kappa shape index (κ2) is 19.3. The first-order chi connectivity index (χ1) is 26.4. The summed E-state index contributed by atoms with van der Waals surface area (Å²) in [6.07, 6.45) is 13.0. The van der Waals surface area contributed by atoms with Crippen LogP contribution in [0.4, 0.5) is 4.79 Å². The maximum absolute atomic E-state index is 13.3. The molecule has 0 aromatic heterocycles. The molecule has 0 spiro atoms. The topological polar surface area (TPSA) is 183 Å². The number of isocyanates is 2. The standard InChI is InChI=1S/C44H70N4O9/c1-11-44(26-54-35(51)12-14-41(8)18-32(47-30-49)16-38(2,3)22-41,27-55-36(52)13-15-42(9)21-34(57-29-45)20-40(6,7)23-42)28-56-37(53)46-25-43(10)19-33(48-31-50)17-39(4,5)24-43/h32-34H,11-28H2,1-10H3,(H,46,53). The molecule has 0 saturated heterocycles. The molecular weight excluding hydrogens is 729 g/mol. The Bertz CT molecular complexity index is 1480. The van der Waals surface area contributed by atoms with Crippen LogP contribution in [0.1, 0.15) is 159 Å². The highest BCUT2D eigenvalue weighted by Crippen LogP contribution is 2.51. The number of nitriles is 1. The lowest BCUT2D eigenvalue weighted by Crippen LogP contribution is -2.46. The first-order valence-electron chi connectivity index (χ1n) is 20.8. The molecule has 3 saturated carbocycles. The molecule has 320 valence electrons. The number of aliphatic imine (C=N–C) groups is 2. The largest absolute Gasteiger partial charge is 0.465 e. The number of alkyl carbamates (subject to hydrolysis) is 1. The molecule has 3 fully saturated rings. The minimum atomic E-state index is -1.01. The van der Waals surface area contributed by atoms with Gasteiger partial charge in [-0.3, -0.25) is 9.59 Å². The van der Waals surface area contributed by atoms with Gasteiger partial charge >= 0.3 is 18.0 Å². The van der Waals surface area contributed by atoms with E-state index in [9.17, 15) is 24.0 Å². The van der Waals surface area contributed by atoms with Crippen molar-refractivity contribution < 1.29 is 42.9 Å². The number of hydrogen-bond acceptors (Lipinski definition) is 12. The second-order valence-electron chi connectivity index (χ2n) is 21.4. The summed E-state index contributed by atoms with van der Waals surface area (Å²) in [5.74, 6) is -0.822. The number of nitrogens with one attached hydrogen (secondary N) is 1. The highest BCUT2D eigenvalue weighted by Gasteiger charge is 2.45. The molecule has 0 aromatic rings. The van der Waals surface area contributed by atoms with E-state index in [1.807, 2.05) is 13.2 Å². The number of hydrogen-bond donors (Lipinski definition) is 1. The van der Waals surface area contributed by atoms with Crippen LogP contribution in [-0.4, -0.2) is 74.7 Å².